The molecule has 0 spiro atoms. The zero-order valence-corrected chi connectivity index (χ0v) is 9.99. The summed E-state index contributed by atoms with van der Waals surface area (Å²) in [4.78, 5) is 14.0. The summed E-state index contributed by atoms with van der Waals surface area (Å²) in [6.45, 7) is 0. The number of aliphatic carboxylic acids is 1. The molecule has 0 saturated heterocycles. The molecule has 0 radical (unpaired) electrons. The molecule has 0 aliphatic heterocycles. The highest BCUT2D eigenvalue weighted by molar-refractivity contribution is 9.08. The second-order valence-corrected chi connectivity index (χ2v) is 4.02. The summed E-state index contributed by atoms with van der Waals surface area (Å²) in [6.07, 6.45) is 2.29. The minimum absolute atomic E-state index is 0.435. The zero-order valence-electron chi connectivity index (χ0n) is 8.40. The van der Waals surface area contributed by atoms with Gasteiger partial charge in [-0.1, -0.05) is 18.2 Å². The summed E-state index contributed by atoms with van der Waals surface area (Å²) in [5, 5.41) is 10.0. The Balaban J connectivity index is 2.30. The highest BCUT2D eigenvalue weighted by atomic mass is 79.9. The SMILES string of the molecule is O=C(O)[C@@H](Cc1c[nH]c2ccccc12)NBr. The fourth-order valence-electron chi connectivity index (χ4n) is 1.69. The number of rotatable bonds is 4. The monoisotopic (exact) mass is 282 g/mol. The summed E-state index contributed by atoms with van der Waals surface area (Å²) in [7, 11) is 0. The molecule has 0 saturated carbocycles. The van der Waals surface area contributed by atoms with Crippen molar-refractivity contribution < 1.29 is 9.90 Å². The minimum atomic E-state index is -0.873. The van der Waals surface area contributed by atoms with E-state index in [-0.39, 0.29) is 0 Å². The molecule has 1 aromatic carbocycles. The van der Waals surface area contributed by atoms with E-state index >= 15 is 0 Å². The van der Waals surface area contributed by atoms with E-state index in [1.165, 1.54) is 0 Å². The van der Waals surface area contributed by atoms with Gasteiger partial charge < -0.3 is 10.1 Å². The predicted octanol–water partition coefficient (Wildman–Crippen LogP) is 2.06. The van der Waals surface area contributed by atoms with Gasteiger partial charge in [0, 0.05) is 39.7 Å². The van der Waals surface area contributed by atoms with Crippen LogP contribution in [0, 0.1) is 0 Å². The molecule has 5 heteroatoms. The van der Waals surface area contributed by atoms with Crippen LogP contribution in [0.1, 0.15) is 5.56 Å². The van der Waals surface area contributed by atoms with Crippen molar-refractivity contribution in [2.45, 2.75) is 12.5 Å². The highest BCUT2D eigenvalue weighted by Crippen LogP contribution is 2.19. The van der Waals surface area contributed by atoms with Gasteiger partial charge in [0.2, 0.25) is 0 Å². The van der Waals surface area contributed by atoms with Gasteiger partial charge in [-0.15, -0.1) is 0 Å². The van der Waals surface area contributed by atoms with E-state index < -0.39 is 12.0 Å². The molecule has 0 aliphatic carbocycles. The average Bonchev–Trinajstić information content (AvgIpc) is 2.69. The van der Waals surface area contributed by atoms with Crippen molar-refractivity contribution in [2.75, 3.05) is 0 Å². The Morgan fingerprint density at radius 3 is 2.94 bits per heavy atom. The lowest BCUT2D eigenvalue weighted by Crippen LogP contribution is -2.32. The maximum absolute atomic E-state index is 10.9. The summed E-state index contributed by atoms with van der Waals surface area (Å²) in [6, 6.07) is 7.21. The molecule has 16 heavy (non-hydrogen) atoms. The predicted molar refractivity (Wildman–Crippen MR) is 65.5 cm³/mol. The Morgan fingerprint density at radius 1 is 1.50 bits per heavy atom. The molecule has 84 valence electrons. The maximum atomic E-state index is 10.9. The van der Waals surface area contributed by atoms with E-state index in [2.05, 4.69) is 25.5 Å². The van der Waals surface area contributed by atoms with Gasteiger partial charge >= 0.3 is 5.97 Å². The van der Waals surface area contributed by atoms with Crippen molar-refractivity contribution in [3.8, 4) is 0 Å². The van der Waals surface area contributed by atoms with E-state index in [0.29, 0.717) is 6.42 Å². The Morgan fingerprint density at radius 2 is 2.25 bits per heavy atom. The number of carboxylic acids is 1. The molecular formula is C11H11BrN2O2. The molecular weight excluding hydrogens is 272 g/mol. The van der Waals surface area contributed by atoms with Gasteiger partial charge in [-0.3, -0.25) is 4.79 Å². The van der Waals surface area contributed by atoms with E-state index in [4.69, 9.17) is 5.11 Å². The lowest BCUT2D eigenvalue weighted by molar-refractivity contribution is -0.138. The van der Waals surface area contributed by atoms with Crippen LogP contribution in [-0.2, 0) is 11.2 Å². The molecule has 1 aromatic heterocycles. The van der Waals surface area contributed by atoms with Gasteiger partial charge in [0.15, 0.2) is 0 Å². The van der Waals surface area contributed by atoms with Crippen LogP contribution >= 0.6 is 16.1 Å². The van der Waals surface area contributed by atoms with Crippen LogP contribution < -0.4 is 4.34 Å². The van der Waals surface area contributed by atoms with Gasteiger partial charge in [-0.05, 0) is 11.6 Å². The van der Waals surface area contributed by atoms with Crippen LogP contribution in [0.4, 0.5) is 0 Å². The quantitative estimate of drug-likeness (QED) is 0.752. The molecule has 1 heterocycles. The molecule has 0 fully saturated rings. The van der Waals surface area contributed by atoms with Crippen molar-refractivity contribution in [1.82, 2.24) is 9.33 Å². The normalized spacial score (nSPS) is 12.8. The smallest absolute Gasteiger partial charge is 0.321 e. The van der Waals surface area contributed by atoms with Crippen molar-refractivity contribution in [3.63, 3.8) is 0 Å². The van der Waals surface area contributed by atoms with Crippen LogP contribution in [0.3, 0.4) is 0 Å². The number of halogens is 1. The number of carboxylic acid groups (broad SMARTS) is 1. The maximum Gasteiger partial charge on any atom is 0.321 e. The fraction of sp³-hybridized carbons (Fsp3) is 0.182. The number of fused-ring (bicyclic) bond motifs is 1. The number of aromatic amines is 1. The van der Waals surface area contributed by atoms with E-state index in [9.17, 15) is 4.79 Å². The van der Waals surface area contributed by atoms with E-state index in [0.717, 1.165) is 16.5 Å². The number of hydrogen-bond donors (Lipinski definition) is 3. The van der Waals surface area contributed by atoms with E-state index in [1.54, 1.807) is 0 Å². The Hall–Kier alpha value is -1.33. The van der Waals surface area contributed by atoms with Crippen LogP contribution in [0.2, 0.25) is 0 Å². The molecule has 1 atom stereocenters. The minimum Gasteiger partial charge on any atom is -0.480 e. The number of nitrogens with one attached hydrogen (secondary N) is 2. The lowest BCUT2D eigenvalue weighted by Gasteiger charge is -2.08. The van der Waals surface area contributed by atoms with Gasteiger partial charge in [0.05, 0.1) is 0 Å². The third kappa shape index (κ3) is 2.10. The van der Waals surface area contributed by atoms with Crippen LogP contribution in [0.25, 0.3) is 10.9 Å². The second kappa shape index (κ2) is 4.67. The molecule has 0 unspecified atom stereocenters. The van der Waals surface area contributed by atoms with Crippen LogP contribution in [0.5, 0.6) is 0 Å². The first-order chi connectivity index (χ1) is 7.72. The summed E-state index contributed by atoms with van der Waals surface area (Å²) in [5.41, 5.74) is 2.02. The topological polar surface area (TPSA) is 65.1 Å². The number of H-pyrrole nitrogens is 1. The highest BCUT2D eigenvalue weighted by Gasteiger charge is 2.17. The first-order valence-corrected chi connectivity index (χ1v) is 5.65. The molecule has 4 nitrogen and oxygen atoms in total. The average molecular weight is 283 g/mol. The zero-order chi connectivity index (χ0) is 11.5. The molecule has 0 aliphatic rings. The number of carbonyl (C=O) groups is 1. The first kappa shape index (κ1) is 11.2. The number of hydrogen-bond acceptors (Lipinski definition) is 2. The van der Waals surface area contributed by atoms with Crippen LogP contribution in [-0.4, -0.2) is 22.1 Å². The summed E-state index contributed by atoms with van der Waals surface area (Å²) >= 11 is 2.99. The summed E-state index contributed by atoms with van der Waals surface area (Å²) in [5.74, 6) is -0.873. The number of para-hydroxylation sites is 1. The lowest BCUT2D eigenvalue weighted by atomic mass is 10.1. The Labute approximate surface area is 101 Å². The van der Waals surface area contributed by atoms with Gasteiger partial charge in [0.25, 0.3) is 0 Å². The first-order valence-electron chi connectivity index (χ1n) is 4.86. The van der Waals surface area contributed by atoms with Gasteiger partial charge in [-0.2, -0.15) is 0 Å². The van der Waals surface area contributed by atoms with E-state index in [1.807, 2.05) is 30.5 Å². The molecule has 3 N–H and O–H groups in total. The molecule has 0 amide bonds. The Kier molecular flexibility index (Phi) is 3.26. The molecule has 0 bridgehead atoms. The number of benzene rings is 1. The van der Waals surface area contributed by atoms with Crippen molar-refractivity contribution >= 4 is 33.0 Å². The third-order valence-corrected chi connectivity index (χ3v) is 3.08. The van der Waals surface area contributed by atoms with Crippen molar-refractivity contribution in [2.24, 2.45) is 0 Å². The number of aromatic nitrogens is 1. The molecule has 2 rings (SSSR count). The Bertz CT molecular complexity index is 509. The fourth-order valence-corrected chi connectivity index (χ4v) is 2.05. The van der Waals surface area contributed by atoms with Crippen LogP contribution in [0.15, 0.2) is 30.5 Å². The molecule has 2 aromatic rings. The second-order valence-electron chi connectivity index (χ2n) is 3.56. The summed E-state index contributed by atoms with van der Waals surface area (Å²) < 4.78 is 2.60. The largest absolute Gasteiger partial charge is 0.480 e. The standard InChI is InChI=1S/C11H11BrN2O2/c12-14-10(11(15)16)5-7-6-13-9-4-2-1-3-8(7)9/h1-4,6,10,13-14H,5H2,(H,15,16)/t10-/m1/s1. The van der Waals surface area contributed by atoms with Gasteiger partial charge in [-0.25, -0.2) is 4.34 Å². The van der Waals surface area contributed by atoms with Crippen molar-refractivity contribution in [1.29, 1.82) is 0 Å². The van der Waals surface area contributed by atoms with Gasteiger partial charge in [0.1, 0.15) is 6.04 Å². The third-order valence-electron chi connectivity index (χ3n) is 2.53. The van der Waals surface area contributed by atoms with Crippen molar-refractivity contribution in [3.05, 3.63) is 36.0 Å².